The quantitative estimate of drug-likeness (QED) is 0.697. The van der Waals surface area contributed by atoms with Crippen molar-refractivity contribution < 1.29 is 4.42 Å². The summed E-state index contributed by atoms with van der Waals surface area (Å²) in [6, 6.07) is 6.84. The Balaban J connectivity index is 2.76. The lowest BCUT2D eigenvalue weighted by atomic mass is 10.2. The number of hydrogen-bond acceptors (Lipinski definition) is 3. The Bertz CT molecular complexity index is 560. The zero-order chi connectivity index (χ0) is 11.0. The van der Waals surface area contributed by atoms with Crippen LogP contribution >= 0.6 is 11.6 Å². The van der Waals surface area contributed by atoms with Crippen LogP contribution in [0.3, 0.4) is 0 Å². The Labute approximate surface area is 91.9 Å². The molecule has 0 saturated carbocycles. The molecule has 0 fully saturated rings. The summed E-state index contributed by atoms with van der Waals surface area (Å²) in [5.74, 6) is 0. The van der Waals surface area contributed by atoms with Gasteiger partial charge >= 0.3 is 5.63 Å². The fourth-order valence-electron chi connectivity index (χ4n) is 1.39. The molecule has 0 atom stereocenters. The number of hydrogen-bond donors (Lipinski definition) is 0. The van der Waals surface area contributed by atoms with Crippen LogP contribution in [0.1, 0.15) is 0 Å². The second kappa shape index (κ2) is 3.59. The van der Waals surface area contributed by atoms with E-state index in [0.717, 1.165) is 11.1 Å². The first-order valence-corrected chi connectivity index (χ1v) is 4.86. The largest absolute Gasteiger partial charge is 0.423 e. The van der Waals surface area contributed by atoms with Gasteiger partial charge in [0, 0.05) is 37.3 Å². The third kappa shape index (κ3) is 1.83. The monoisotopic (exact) mass is 223 g/mol. The summed E-state index contributed by atoms with van der Waals surface area (Å²) >= 11 is 5.92. The number of anilines is 1. The number of halogens is 1. The van der Waals surface area contributed by atoms with Gasteiger partial charge in [0.15, 0.2) is 0 Å². The van der Waals surface area contributed by atoms with Gasteiger partial charge in [0.2, 0.25) is 0 Å². The van der Waals surface area contributed by atoms with Gasteiger partial charge in [-0.15, -0.1) is 0 Å². The van der Waals surface area contributed by atoms with Gasteiger partial charge in [-0.05, 0) is 12.1 Å². The maximum absolute atomic E-state index is 11.1. The standard InChI is InChI=1S/C11H10ClNO2/c1-13(2)7-3-4-8-9(12)6-11(14)15-10(8)5-7/h3-6H,1-2H3. The van der Waals surface area contributed by atoms with Gasteiger partial charge in [0.25, 0.3) is 0 Å². The highest BCUT2D eigenvalue weighted by Crippen LogP contribution is 2.25. The zero-order valence-corrected chi connectivity index (χ0v) is 9.21. The summed E-state index contributed by atoms with van der Waals surface area (Å²) in [6.45, 7) is 0. The molecule has 0 aliphatic carbocycles. The van der Waals surface area contributed by atoms with E-state index in [9.17, 15) is 4.79 Å². The summed E-state index contributed by atoms with van der Waals surface area (Å²) in [5, 5.41) is 1.17. The molecule has 0 spiro atoms. The van der Waals surface area contributed by atoms with E-state index >= 15 is 0 Å². The van der Waals surface area contributed by atoms with Gasteiger partial charge in [-0.25, -0.2) is 4.79 Å². The van der Waals surface area contributed by atoms with Crippen LogP contribution in [0.4, 0.5) is 5.69 Å². The van der Waals surface area contributed by atoms with E-state index in [4.69, 9.17) is 16.0 Å². The predicted molar refractivity (Wildman–Crippen MR) is 61.8 cm³/mol. The van der Waals surface area contributed by atoms with Gasteiger partial charge in [-0.3, -0.25) is 0 Å². The molecular formula is C11H10ClNO2. The fourth-order valence-corrected chi connectivity index (χ4v) is 1.64. The number of fused-ring (bicyclic) bond motifs is 1. The van der Waals surface area contributed by atoms with Crippen LogP contribution in [0.2, 0.25) is 5.02 Å². The number of rotatable bonds is 1. The molecule has 4 heteroatoms. The third-order valence-corrected chi connectivity index (χ3v) is 2.51. The Kier molecular flexibility index (Phi) is 2.40. The lowest BCUT2D eigenvalue weighted by Gasteiger charge is -2.12. The summed E-state index contributed by atoms with van der Waals surface area (Å²) < 4.78 is 5.07. The maximum atomic E-state index is 11.1. The molecule has 78 valence electrons. The van der Waals surface area contributed by atoms with Crippen molar-refractivity contribution in [3.63, 3.8) is 0 Å². The highest BCUT2D eigenvalue weighted by molar-refractivity contribution is 6.35. The molecular weight excluding hydrogens is 214 g/mol. The molecule has 0 unspecified atom stereocenters. The topological polar surface area (TPSA) is 33.5 Å². The van der Waals surface area contributed by atoms with Crippen molar-refractivity contribution in [2.75, 3.05) is 19.0 Å². The summed E-state index contributed by atoms with van der Waals surface area (Å²) in [5.41, 5.74) is 1.05. The first kappa shape index (κ1) is 10.1. The highest BCUT2D eigenvalue weighted by Gasteiger charge is 2.05. The van der Waals surface area contributed by atoms with Crippen LogP contribution in [0.15, 0.2) is 33.5 Å². The van der Waals surface area contributed by atoms with E-state index in [1.54, 1.807) is 6.07 Å². The van der Waals surface area contributed by atoms with Crippen LogP contribution in [-0.4, -0.2) is 14.1 Å². The normalized spacial score (nSPS) is 10.6. The first-order valence-electron chi connectivity index (χ1n) is 4.48. The van der Waals surface area contributed by atoms with Crippen molar-refractivity contribution in [2.45, 2.75) is 0 Å². The highest BCUT2D eigenvalue weighted by atomic mass is 35.5. The molecule has 1 aromatic heterocycles. The minimum absolute atomic E-state index is 0.423. The number of benzene rings is 1. The summed E-state index contributed by atoms with van der Waals surface area (Å²) in [7, 11) is 3.84. The van der Waals surface area contributed by atoms with E-state index in [1.807, 2.05) is 31.1 Å². The minimum Gasteiger partial charge on any atom is -0.423 e. The Morgan fingerprint density at radius 2 is 2.00 bits per heavy atom. The lowest BCUT2D eigenvalue weighted by molar-refractivity contribution is 0.561. The van der Waals surface area contributed by atoms with E-state index in [-0.39, 0.29) is 0 Å². The smallest absolute Gasteiger partial charge is 0.337 e. The summed E-state index contributed by atoms with van der Waals surface area (Å²) in [6.07, 6.45) is 0. The molecule has 1 heterocycles. The van der Waals surface area contributed by atoms with Crippen LogP contribution < -0.4 is 10.5 Å². The SMILES string of the molecule is CN(C)c1ccc2c(Cl)cc(=O)oc2c1. The number of nitrogens with zero attached hydrogens (tertiary/aromatic N) is 1. The van der Waals surface area contributed by atoms with E-state index < -0.39 is 5.63 Å². The van der Waals surface area contributed by atoms with Crippen LogP contribution in [0.5, 0.6) is 0 Å². The van der Waals surface area contributed by atoms with Gasteiger partial charge in [0.1, 0.15) is 5.58 Å². The van der Waals surface area contributed by atoms with Crippen molar-refractivity contribution in [2.24, 2.45) is 0 Å². The average Bonchev–Trinajstić information content (AvgIpc) is 2.16. The zero-order valence-electron chi connectivity index (χ0n) is 8.45. The molecule has 2 aromatic rings. The van der Waals surface area contributed by atoms with Gasteiger partial charge < -0.3 is 9.32 Å². The fraction of sp³-hybridized carbons (Fsp3) is 0.182. The van der Waals surface area contributed by atoms with Crippen LogP contribution in [0, 0.1) is 0 Å². The lowest BCUT2D eigenvalue weighted by Crippen LogP contribution is -2.08. The molecule has 3 nitrogen and oxygen atoms in total. The van der Waals surface area contributed by atoms with E-state index in [0.29, 0.717) is 10.6 Å². The molecule has 0 saturated heterocycles. The third-order valence-electron chi connectivity index (χ3n) is 2.19. The van der Waals surface area contributed by atoms with Gasteiger partial charge in [0.05, 0.1) is 5.02 Å². The minimum atomic E-state index is -0.427. The molecule has 0 bridgehead atoms. The van der Waals surface area contributed by atoms with Crippen molar-refractivity contribution in [1.82, 2.24) is 0 Å². The molecule has 2 rings (SSSR count). The summed E-state index contributed by atoms with van der Waals surface area (Å²) in [4.78, 5) is 13.1. The molecule has 0 aliphatic heterocycles. The Hall–Kier alpha value is -1.48. The van der Waals surface area contributed by atoms with Crippen molar-refractivity contribution in [3.05, 3.63) is 39.7 Å². The van der Waals surface area contributed by atoms with Gasteiger partial charge in [-0.1, -0.05) is 11.6 Å². The van der Waals surface area contributed by atoms with Gasteiger partial charge in [-0.2, -0.15) is 0 Å². The Morgan fingerprint density at radius 3 is 2.67 bits per heavy atom. The average molecular weight is 224 g/mol. The first-order chi connectivity index (χ1) is 7.08. The molecule has 0 amide bonds. The predicted octanol–water partition coefficient (Wildman–Crippen LogP) is 2.51. The second-order valence-corrected chi connectivity index (χ2v) is 3.90. The van der Waals surface area contributed by atoms with Crippen molar-refractivity contribution >= 4 is 28.3 Å². The van der Waals surface area contributed by atoms with E-state index in [1.165, 1.54) is 6.07 Å². The van der Waals surface area contributed by atoms with Crippen molar-refractivity contribution in [1.29, 1.82) is 0 Å². The van der Waals surface area contributed by atoms with Crippen LogP contribution in [-0.2, 0) is 0 Å². The molecule has 15 heavy (non-hydrogen) atoms. The maximum Gasteiger partial charge on any atom is 0.337 e. The molecule has 0 aliphatic rings. The Morgan fingerprint density at radius 1 is 1.27 bits per heavy atom. The van der Waals surface area contributed by atoms with Crippen LogP contribution in [0.25, 0.3) is 11.0 Å². The molecule has 0 radical (unpaired) electrons. The van der Waals surface area contributed by atoms with E-state index in [2.05, 4.69) is 0 Å². The molecule has 1 aromatic carbocycles. The molecule has 0 N–H and O–H groups in total. The van der Waals surface area contributed by atoms with Crippen molar-refractivity contribution in [3.8, 4) is 0 Å². The second-order valence-electron chi connectivity index (χ2n) is 3.49.